The highest BCUT2D eigenvalue weighted by molar-refractivity contribution is 5.93. The highest BCUT2D eigenvalue weighted by atomic mass is 16.5. The molecule has 37 heavy (non-hydrogen) atoms. The molecule has 0 spiro atoms. The average Bonchev–Trinajstić information content (AvgIpc) is 3.41. The highest BCUT2D eigenvalue weighted by Crippen LogP contribution is 2.29. The van der Waals surface area contributed by atoms with Gasteiger partial charge >= 0.3 is 5.97 Å². The number of methoxy groups -OCH3 is 2. The summed E-state index contributed by atoms with van der Waals surface area (Å²) in [6.45, 7) is 3.96. The van der Waals surface area contributed by atoms with Gasteiger partial charge < -0.3 is 30.2 Å². The normalized spacial score (nSPS) is 17.4. The molecule has 1 heterocycles. The van der Waals surface area contributed by atoms with Crippen LogP contribution in [0.1, 0.15) is 44.2 Å². The van der Waals surface area contributed by atoms with Crippen LogP contribution in [0.15, 0.2) is 48.5 Å². The third-order valence-corrected chi connectivity index (χ3v) is 6.78. The fraction of sp³-hybridized carbons (Fsp3) is 0.464. The van der Waals surface area contributed by atoms with Crippen LogP contribution in [0.3, 0.4) is 0 Å². The molecule has 2 aromatic rings. The second kappa shape index (κ2) is 12.6. The standard InChI is InChI=1S/C28H37N3O6/c1-5-28(2,29)27(34)30-21(16-20-13-14-23(35-3)24(17-20)36-4)25(32)31-15-9-12-22(31)26(33)37-18-19-10-7-6-8-11-19/h6-8,10-11,13-14,17,21-22H,5,9,12,15-16,18,29H2,1-4H3,(H,30,34)/t21?,22-,28+/m1/s1. The molecule has 3 N–H and O–H groups in total. The van der Waals surface area contributed by atoms with Crippen LogP contribution in [-0.4, -0.2) is 61.1 Å². The van der Waals surface area contributed by atoms with Crippen molar-refractivity contribution < 1.29 is 28.6 Å². The van der Waals surface area contributed by atoms with E-state index in [1.54, 1.807) is 26.2 Å². The minimum atomic E-state index is -1.14. The molecular formula is C28H37N3O6. The number of likely N-dealkylation sites (tertiary alicyclic amines) is 1. The summed E-state index contributed by atoms with van der Waals surface area (Å²) in [5.74, 6) is -0.175. The number of rotatable bonds is 11. The Morgan fingerprint density at radius 1 is 1.08 bits per heavy atom. The van der Waals surface area contributed by atoms with E-state index in [0.717, 1.165) is 11.1 Å². The van der Waals surface area contributed by atoms with E-state index in [1.807, 2.05) is 43.3 Å². The number of hydrogen-bond acceptors (Lipinski definition) is 7. The first-order chi connectivity index (χ1) is 17.7. The van der Waals surface area contributed by atoms with Gasteiger partial charge in [-0.25, -0.2) is 4.79 Å². The Kier molecular flexibility index (Phi) is 9.52. The maximum Gasteiger partial charge on any atom is 0.329 e. The van der Waals surface area contributed by atoms with E-state index in [2.05, 4.69) is 5.32 Å². The number of ether oxygens (including phenoxy) is 3. The molecule has 9 nitrogen and oxygen atoms in total. The lowest BCUT2D eigenvalue weighted by molar-refractivity contribution is -0.155. The minimum Gasteiger partial charge on any atom is -0.493 e. The molecule has 1 aliphatic heterocycles. The van der Waals surface area contributed by atoms with Crippen LogP contribution in [0.2, 0.25) is 0 Å². The van der Waals surface area contributed by atoms with Gasteiger partial charge in [-0.3, -0.25) is 9.59 Å². The summed E-state index contributed by atoms with van der Waals surface area (Å²) >= 11 is 0. The molecule has 200 valence electrons. The van der Waals surface area contributed by atoms with Gasteiger partial charge in [-0.2, -0.15) is 0 Å². The molecule has 1 unspecified atom stereocenters. The van der Waals surface area contributed by atoms with Crippen molar-refractivity contribution >= 4 is 17.8 Å². The minimum absolute atomic E-state index is 0.131. The van der Waals surface area contributed by atoms with Crippen LogP contribution in [0.25, 0.3) is 0 Å². The van der Waals surface area contributed by atoms with E-state index in [9.17, 15) is 14.4 Å². The van der Waals surface area contributed by atoms with Gasteiger partial charge in [0.25, 0.3) is 0 Å². The fourth-order valence-electron chi connectivity index (χ4n) is 4.23. The summed E-state index contributed by atoms with van der Waals surface area (Å²) in [4.78, 5) is 41.2. The Morgan fingerprint density at radius 3 is 2.43 bits per heavy atom. The Hall–Kier alpha value is -3.59. The van der Waals surface area contributed by atoms with Crippen molar-refractivity contribution in [2.24, 2.45) is 5.73 Å². The lowest BCUT2D eigenvalue weighted by Gasteiger charge is -2.31. The number of nitrogens with two attached hydrogens (primary N) is 1. The number of hydrogen-bond donors (Lipinski definition) is 2. The average molecular weight is 512 g/mol. The van der Waals surface area contributed by atoms with Crippen LogP contribution in [0.4, 0.5) is 0 Å². The molecule has 2 amide bonds. The van der Waals surface area contributed by atoms with Crippen LogP contribution in [0.5, 0.6) is 11.5 Å². The van der Waals surface area contributed by atoms with Crippen LogP contribution >= 0.6 is 0 Å². The highest BCUT2D eigenvalue weighted by Gasteiger charge is 2.40. The third kappa shape index (κ3) is 7.01. The van der Waals surface area contributed by atoms with Gasteiger partial charge in [0, 0.05) is 13.0 Å². The molecular weight excluding hydrogens is 474 g/mol. The fourth-order valence-corrected chi connectivity index (χ4v) is 4.23. The first-order valence-corrected chi connectivity index (χ1v) is 12.5. The molecule has 0 radical (unpaired) electrons. The van der Waals surface area contributed by atoms with E-state index < -0.39 is 29.5 Å². The van der Waals surface area contributed by atoms with E-state index in [0.29, 0.717) is 37.3 Å². The second-order valence-corrected chi connectivity index (χ2v) is 9.47. The van der Waals surface area contributed by atoms with Crippen LogP contribution in [-0.2, 0) is 32.1 Å². The number of nitrogens with zero attached hydrogens (tertiary/aromatic N) is 1. The first kappa shape index (κ1) is 28.0. The van der Waals surface area contributed by atoms with Gasteiger partial charge in [-0.1, -0.05) is 43.3 Å². The lowest BCUT2D eigenvalue weighted by Crippen LogP contribution is -2.59. The molecule has 1 saturated heterocycles. The number of amides is 2. The zero-order chi connectivity index (χ0) is 27.0. The maximum absolute atomic E-state index is 13.8. The third-order valence-electron chi connectivity index (χ3n) is 6.78. The Bertz CT molecular complexity index is 1090. The Balaban J connectivity index is 1.80. The zero-order valence-corrected chi connectivity index (χ0v) is 22.0. The van der Waals surface area contributed by atoms with E-state index >= 15 is 0 Å². The summed E-state index contributed by atoms with van der Waals surface area (Å²) in [5.41, 5.74) is 6.64. The summed E-state index contributed by atoms with van der Waals surface area (Å²) < 4.78 is 16.2. The smallest absolute Gasteiger partial charge is 0.329 e. The summed E-state index contributed by atoms with van der Waals surface area (Å²) in [7, 11) is 3.07. The van der Waals surface area contributed by atoms with Crippen molar-refractivity contribution in [3.8, 4) is 11.5 Å². The maximum atomic E-state index is 13.8. The van der Waals surface area contributed by atoms with Crippen molar-refractivity contribution in [3.05, 3.63) is 59.7 Å². The molecule has 2 aromatic carbocycles. The SMILES string of the molecule is CC[C@](C)(N)C(=O)NC(Cc1ccc(OC)c(OC)c1)C(=O)N1CCC[C@@H]1C(=O)OCc1ccccc1. The van der Waals surface area contributed by atoms with E-state index in [1.165, 1.54) is 12.0 Å². The van der Waals surface area contributed by atoms with Gasteiger partial charge in [0.15, 0.2) is 11.5 Å². The van der Waals surface area contributed by atoms with Gasteiger partial charge in [0.2, 0.25) is 11.8 Å². The number of nitrogens with one attached hydrogen (secondary N) is 1. The number of esters is 1. The molecule has 1 fully saturated rings. The molecule has 0 saturated carbocycles. The molecule has 3 atom stereocenters. The molecule has 1 aliphatic rings. The van der Waals surface area contributed by atoms with Gasteiger partial charge in [0.1, 0.15) is 18.7 Å². The molecule has 3 rings (SSSR count). The second-order valence-electron chi connectivity index (χ2n) is 9.47. The Morgan fingerprint density at radius 2 is 1.78 bits per heavy atom. The molecule has 0 aromatic heterocycles. The monoisotopic (exact) mass is 511 g/mol. The zero-order valence-electron chi connectivity index (χ0n) is 22.0. The summed E-state index contributed by atoms with van der Waals surface area (Å²) in [6, 6.07) is 13.1. The Labute approximate surface area is 218 Å². The molecule has 9 heteroatoms. The van der Waals surface area contributed by atoms with Crippen molar-refractivity contribution in [2.45, 2.75) is 63.8 Å². The van der Waals surface area contributed by atoms with E-state index in [-0.39, 0.29) is 18.9 Å². The van der Waals surface area contributed by atoms with Crippen molar-refractivity contribution in [3.63, 3.8) is 0 Å². The molecule has 0 bridgehead atoms. The van der Waals surface area contributed by atoms with Gasteiger partial charge in [0.05, 0.1) is 19.8 Å². The summed E-state index contributed by atoms with van der Waals surface area (Å²) in [5, 5.41) is 2.84. The van der Waals surface area contributed by atoms with Crippen LogP contribution in [0, 0.1) is 0 Å². The van der Waals surface area contributed by atoms with Gasteiger partial charge in [-0.05, 0) is 49.4 Å². The first-order valence-electron chi connectivity index (χ1n) is 12.5. The summed E-state index contributed by atoms with van der Waals surface area (Å²) in [6.07, 6.45) is 1.75. The number of carbonyl (C=O) groups excluding carboxylic acids is 3. The molecule has 0 aliphatic carbocycles. The predicted molar refractivity (Wildman–Crippen MR) is 139 cm³/mol. The topological polar surface area (TPSA) is 120 Å². The van der Waals surface area contributed by atoms with Crippen LogP contribution < -0.4 is 20.5 Å². The van der Waals surface area contributed by atoms with Crippen molar-refractivity contribution in [1.82, 2.24) is 10.2 Å². The van der Waals surface area contributed by atoms with Crippen molar-refractivity contribution in [1.29, 1.82) is 0 Å². The largest absolute Gasteiger partial charge is 0.493 e. The predicted octanol–water partition coefficient (Wildman–Crippen LogP) is 2.59. The van der Waals surface area contributed by atoms with Crippen molar-refractivity contribution in [2.75, 3.05) is 20.8 Å². The number of benzene rings is 2. The van der Waals surface area contributed by atoms with Gasteiger partial charge in [-0.15, -0.1) is 0 Å². The number of carbonyl (C=O) groups is 3. The lowest BCUT2D eigenvalue weighted by atomic mass is 9.97. The quantitative estimate of drug-likeness (QED) is 0.445. The van der Waals surface area contributed by atoms with E-state index in [4.69, 9.17) is 19.9 Å².